The summed E-state index contributed by atoms with van der Waals surface area (Å²) in [5, 5.41) is 47.9. The van der Waals surface area contributed by atoms with Crippen molar-refractivity contribution in [2.24, 2.45) is 0 Å². The Kier molecular flexibility index (Phi) is 6.54. The van der Waals surface area contributed by atoms with Crippen molar-refractivity contribution >= 4 is 8.07 Å². The maximum atomic E-state index is 9.73. The molecule has 0 aromatic rings. The van der Waals surface area contributed by atoms with E-state index < -0.39 is 44.7 Å². The molecular formula is C12H26O7Si. The fraction of sp³-hybridized carbons (Fsp3) is 1.00. The third kappa shape index (κ3) is 4.74. The van der Waals surface area contributed by atoms with Crippen LogP contribution in [0, 0.1) is 0 Å². The van der Waals surface area contributed by atoms with Crippen LogP contribution >= 0.6 is 0 Å². The summed E-state index contributed by atoms with van der Waals surface area (Å²) < 4.78 is 10.4. The molecule has 1 fully saturated rings. The lowest BCUT2D eigenvalue weighted by atomic mass is 9.85. The molecule has 8 heteroatoms. The maximum absolute atomic E-state index is 9.73. The van der Waals surface area contributed by atoms with Crippen molar-refractivity contribution in [2.75, 3.05) is 13.4 Å². The lowest BCUT2D eigenvalue weighted by molar-refractivity contribution is -0.251. The van der Waals surface area contributed by atoms with Crippen molar-refractivity contribution in [1.82, 2.24) is 0 Å². The molecule has 0 amide bonds. The quantitative estimate of drug-likeness (QED) is 0.230. The van der Waals surface area contributed by atoms with Crippen LogP contribution in [-0.2, 0) is 9.47 Å². The van der Waals surface area contributed by atoms with E-state index in [0.717, 1.165) is 6.04 Å². The number of aliphatic hydroxyl groups excluding tert-OH is 5. The SMILES string of the molecule is C[Si](C)(C)CCOCO[C@H]1[C@H](O)[C@H](O)[C@@H](O)[C@H](O)[C@H]1O. The molecule has 20 heavy (non-hydrogen) atoms. The van der Waals surface area contributed by atoms with Crippen LogP contribution in [0.2, 0.25) is 25.7 Å². The van der Waals surface area contributed by atoms with Crippen LogP contribution in [-0.4, -0.2) is 83.6 Å². The summed E-state index contributed by atoms with van der Waals surface area (Å²) >= 11 is 0. The molecule has 7 nitrogen and oxygen atoms in total. The Balaban J connectivity index is 2.38. The highest BCUT2D eigenvalue weighted by atomic mass is 28.3. The van der Waals surface area contributed by atoms with Crippen molar-refractivity contribution in [1.29, 1.82) is 0 Å². The van der Waals surface area contributed by atoms with Gasteiger partial charge in [-0.2, -0.15) is 0 Å². The Hall–Kier alpha value is -0.0631. The lowest BCUT2D eigenvalue weighted by Crippen LogP contribution is -2.64. The molecule has 120 valence electrons. The Morgan fingerprint density at radius 3 is 1.70 bits per heavy atom. The largest absolute Gasteiger partial charge is 0.387 e. The van der Waals surface area contributed by atoms with E-state index in [9.17, 15) is 25.5 Å². The van der Waals surface area contributed by atoms with Gasteiger partial charge in [0.1, 0.15) is 43.4 Å². The van der Waals surface area contributed by atoms with Gasteiger partial charge in [-0.3, -0.25) is 0 Å². The Labute approximate surface area is 119 Å². The molecule has 1 aliphatic carbocycles. The fourth-order valence-electron chi connectivity index (χ4n) is 1.96. The summed E-state index contributed by atoms with van der Waals surface area (Å²) in [6, 6.07) is 0.954. The van der Waals surface area contributed by atoms with Crippen molar-refractivity contribution < 1.29 is 35.0 Å². The van der Waals surface area contributed by atoms with Gasteiger partial charge in [-0.25, -0.2) is 0 Å². The third-order valence-corrected chi connectivity index (χ3v) is 5.12. The summed E-state index contributed by atoms with van der Waals surface area (Å²) in [5.74, 6) is 0. The van der Waals surface area contributed by atoms with Gasteiger partial charge in [0.05, 0.1) is 0 Å². The maximum Gasteiger partial charge on any atom is 0.147 e. The fourth-order valence-corrected chi connectivity index (χ4v) is 2.71. The minimum absolute atomic E-state index is 0.154. The van der Waals surface area contributed by atoms with Gasteiger partial charge >= 0.3 is 0 Å². The van der Waals surface area contributed by atoms with Gasteiger partial charge < -0.3 is 35.0 Å². The summed E-state index contributed by atoms with van der Waals surface area (Å²) in [6.45, 7) is 6.99. The third-order valence-electron chi connectivity index (χ3n) is 3.41. The second-order valence-corrected chi connectivity index (χ2v) is 12.0. The zero-order valence-corrected chi connectivity index (χ0v) is 13.1. The van der Waals surface area contributed by atoms with Crippen molar-refractivity contribution in [2.45, 2.75) is 62.3 Å². The van der Waals surface area contributed by atoms with Gasteiger partial charge in [0.2, 0.25) is 0 Å². The van der Waals surface area contributed by atoms with Crippen LogP contribution in [0.4, 0.5) is 0 Å². The minimum Gasteiger partial charge on any atom is -0.387 e. The molecule has 0 saturated heterocycles. The van der Waals surface area contributed by atoms with Crippen LogP contribution in [0.1, 0.15) is 0 Å². The first-order chi connectivity index (χ1) is 9.15. The molecule has 1 saturated carbocycles. The van der Waals surface area contributed by atoms with E-state index in [1.54, 1.807) is 0 Å². The second-order valence-electron chi connectivity index (χ2n) is 6.42. The summed E-state index contributed by atoms with van der Waals surface area (Å²) in [4.78, 5) is 0. The predicted octanol–water partition coefficient (Wildman–Crippen LogP) is -1.50. The number of rotatable bonds is 6. The van der Waals surface area contributed by atoms with Gasteiger partial charge in [0.15, 0.2) is 0 Å². The Morgan fingerprint density at radius 1 is 0.800 bits per heavy atom. The highest BCUT2D eigenvalue weighted by Gasteiger charge is 2.48. The first kappa shape index (κ1) is 18.0. The molecule has 0 bridgehead atoms. The monoisotopic (exact) mass is 310 g/mol. The minimum atomic E-state index is -1.60. The smallest absolute Gasteiger partial charge is 0.147 e. The molecule has 0 unspecified atom stereocenters. The van der Waals surface area contributed by atoms with E-state index in [4.69, 9.17) is 9.47 Å². The molecule has 0 aromatic heterocycles. The average Bonchev–Trinajstić information content (AvgIpc) is 2.36. The highest BCUT2D eigenvalue weighted by molar-refractivity contribution is 6.76. The summed E-state index contributed by atoms with van der Waals surface area (Å²) in [6.07, 6.45) is -8.91. The van der Waals surface area contributed by atoms with E-state index in [0.29, 0.717) is 6.61 Å². The van der Waals surface area contributed by atoms with E-state index >= 15 is 0 Å². The van der Waals surface area contributed by atoms with Crippen LogP contribution < -0.4 is 0 Å². The van der Waals surface area contributed by atoms with Gasteiger partial charge in [0, 0.05) is 14.7 Å². The summed E-state index contributed by atoms with van der Waals surface area (Å²) in [5.41, 5.74) is 0. The van der Waals surface area contributed by atoms with E-state index in [1.165, 1.54) is 0 Å². The molecular weight excluding hydrogens is 284 g/mol. The first-order valence-corrected chi connectivity index (χ1v) is 10.5. The van der Waals surface area contributed by atoms with Crippen molar-refractivity contribution in [3.63, 3.8) is 0 Å². The van der Waals surface area contributed by atoms with Gasteiger partial charge in [-0.15, -0.1) is 0 Å². The van der Waals surface area contributed by atoms with Crippen molar-refractivity contribution in [3.05, 3.63) is 0 Å². The molecule has 5 N–H and O–H groups in total. The van der Waals surface area contributed by atoms with Gasteiger partial charge in [-0.1, -0.05) is 19.6 Å². The van der Waals surface area contributed by atoms with Crippen LogP contribution in [0.3, 0.4) is 0 Å². The van der Waals surface area contributed by atoms with Crippen LogP contribution in [0.25, 0.3) is 0 Å². The molecule has 0 aliphatic heterocycles. The molecule has 0 aromatic carbocycles. The molecule has 1 aliphatic rings. The average molecular weight is 310 g/mol. The Bertz CT molecular complexity index is 280. The molecule has 6 atom stereocenters. The normalized spacial score (nSPS) is 39.0. The second kappa shape index (κ2) is 7.28. The number of hydrogen-bond acceptors (Lipinski definition) is 7. The van der Waals surface area contributed by atoms with Crippen LogP contribution in [0.15, 0.2) is 0 Å². The van der Waals surface area contributed by atoms with Gasteiger partial charge in [-0.05, 0) is 6.04 Å². The zero-order valence-electron chi connectivity index (χ0n) is 12.1. The lowest BCUT2D eigenvalue weighted by Gasteiger charge is -2.41. The van der Waals surface area contributed by atoms with E-state index in [1.807, 2.05) is 0 Å². The van der Waals surface area contributed by atoms with E-state index in [2.05, 4.69) is 19.6 Å². The molecule has 1 rings (SSSR count). The standard InChI is InChI=1S/C12H26O7Si/c1-20(2,3)5-4-18-6-19-12-10(16)8(14)7(13)9(15)11(12)17/h7-17H,4-6H2,1-3H3/t7-,8-,9+,10-,11-,12+/m1/s1. The predicted molar refractivity (Wildman–Crippen MR) is 73.9 cm³/mol. The van der Waals surface area contributed by atoms with Crippen LogP contribution in [0.5, 0.6) is 0 Å². The molecule has 0 spiro atoms. The number of aliphatic hydroxyl groups is 5. The van der Waals surface area contributed by atoms with Crippen molar-refractivity contribution in [3.8, 4) is 0 Å². The number of ether oxygens (including phenoxy) is 2. The summed E-state index contributed by atoms with van der Waals surface area (Å²) in [7, 11) is -1.20. The Morgan fingerprint density at radius 2 is 1.25 bits per heavy atom. The topological polar surface area (TPSA) is 120 Å². The molecule has 0 heterocycles. The molecule has 0 radical (unpaired) electrons. The number of hydrogen-bond donors (Lipinski definition) is 5. The zero-order chi connectivity index (χ0) is 15.5. The van der Waals surface area contributed by atoms with Gasteiger partial charge in [0.25, 0.3) is 0 Å². The highest BCUT2D eigenvalue weighted by Crippen LogP contribution is 2.23. The van der Waals surface area contributed by atoms with E-state index in [-0.39, 0.29) is 6.79 Å². The first-order valence-electron chi connectivity index (χ1n) is 6.75.